The average Bonchev–Trinajstić information content (AvgIpc) is 2.42. The lowest BCUT2D eigenvalue weighted by molar-refractivity contribution is 0.295. The van der Waals surface area contributed by atoms with Gasteiger partial charge in [0.1, 0.15) is 5.75 Å². The molecule has 1 aromatic carbocycles. The smallest absolute Gasteiger partial charge is 0.123 e. The van der Waals surface area contributed by atoms with Crippen molar-refractivity contribution in [2.24, 2.45) is 0 Å². The maximum Gasteiger partial charge on any atom is 0.123 e. The molecule has 0 bridgehead atoms. The van der Waals surface area contributed by atoms with Gasteiger partial charge in [0.15, 0.2) is 0 Å². The summed E-state index contributed by atoms with van der Waals surface area (Å²) >= 11 is 0. The maximum atomic E-state index is 5.40. The lowest BCUT2D eigenvalue weighted by Crippen LogP contribution is -2.22. The number of rotatable bonds is 8. The van der Waals surface area contributed by atoms with Crippen molar-refractivity contribution in [1.82, 2.24) is 10.2 Å². The van der Waals surface area contributed by atoms with Crippen LogP contribution < -0.4 is 10.1 Å². The average molecular weight is 250 g/mol. The third-order valence-electron chi connectivity index (χ3n) is 3.21. The van der Waals surface area contributed by atoms with Crippen LogP contribution in [0.15, 0.2) is 18.2 Å². The molecule has 0 saturated carbocycles. The molecule has 3 nitrogen and oxygen atoms in total. The minimum atomic E-state index is 0.867. The molecule has 1 rings (SSSR count). The second-order valence-corrected chi connectivity index (χ2v) is 4.39. The van der Waals surface area contributed by atoms with Crippen molar-refractivity contribution >= 4 is 0 Å². The van der Waals surface area contributed by atoms with Crippen LogP contribution in [0, 0.1) is 0 Å². The van der Waals surface area contributed by atoms with Crippen molar-refractivity contribution < 1.29 is 4.74 Å². The van der Waals surface area contributed by atoms with E-state index in [2.05, 4.69) is 49.2 Å². The Bertz CT molecular complexity index is 348. The molecule has 0 amide bonds. The van der Waals surface area contributed by atoms with Crippen LogP contribution in [0.1, 0.15) is 31.9 Å². The van der Waals surface area contributed by atoms with Gasteiger partial charge in [-0.3, -0.25) is 4.90 Å². The molecule has 0 spiro atoms. The Morgan fingerprint density at radius 3 is 2.44 bits per heavy atom. The van der Waals surface area contributed by atoms with Gasteiger partial charge in [0.25, 0.3) is 0 Å². The molecule has 0 saturated heterocycles. The van der Waals surface area contributed by atoms with Crippen LogP contribution in [-0.4, -0.2) is 31.6 Å². The zero-order valence-corrected chi connectivity index (χ0v) is 12.1. The molecular formula is C15H26N2O. The highest BCUT2D eigenvalue weighted by Crippen LogP contribution is 2.20. The highest BCUT2D eigenvalue weighted by molar-refractivity contribution is 5.37. The van der Waals surface area contributed by atoms with E-state index >= 15 is 0 Å². The quantitative estimate of drug-likeness (QED) is 0.767. The first-order chi connectivity index (χ1) is 8.74. The summed E-state index contributed by atoms with van der Waals surface area (Å²) in [4.78, 5) is 2.42. The van der Waals surface area contributed by atoms with E-state index in [-0.39, 0.29) is 0 Å². The Balaban J connectivity index is 2.80. The molecule has 1 N–H and O–H groups in total. The van der Waals surface area contributed by atoms with Crippen LogP contribution in [0.2, 0.25) is 0 Å². The Hall–Kier alpha value is -1.06. The maximum absolute atomic E-state index is 5.40. The van der Waals surface area contributed by atoms with Gasteiger partial charge in [0.05, 0.1) is 7.11 Å². The minimum Gasteiger partial charge on any atom is -0.496 e. The standard InChI is InChI=1S/C15H26N2O/c1-5-16-11-14-10-13(8-9-15(14)18-4)12-17(6-2)7-3/h8-10,16H,5-7,11-12H2,1-4H3. The van der Waals surface area contributed by atoms with E-state index < -0.39 is 0 Å². The number of hydrogen-bond donors (Lipinski definition) is 1. The van der Waals surface area contributed by atoms with Crippen molar-refractivity contribution in [3.8, 4) is 5.75 Å². The molecule has 0 heterocycles. The van der Waals surface area contributed by atoms with Crippen LogP contribution >= 0.6 is 0 Å². The summed E-state index contributed by atoms with van der Waals surface area (Å²) in [5.74, 6) is 0.972. The minimum absolute atomic E-state index is 0.867. The Morgan fingerprint density at radius 1 is 1.17 bits per heavy atom. The van der Waals surface area contributed by atoms with Crippen LogP contribution in [0.3, 0.4) is 0 Å². The first-order valence-corrected chi connectivity index (χ1v) is 6.83. The molecular weight excluding hydrogens is 224 g/mol. The fraction of sp³-hybridized carbons (Fsp3) is 0.600. The highest BCUT2D eigenvalue weighted by atomic mass is 16.5. The molecule has 0 aliphatic heterocycles. The lowest BCUT2D eigenvalue weighted by Gasteiger charge is -2.19. The van der Waals surface area contributed by atoms with Gasteiger partial charge in [-0.15, -0.1) is 0 Å². The molecule has 0 unspecified atom stereocenters. The molecule has 0 aliphatic rings. The van der Waals surface area contributed by atoms with Gasteiger partial charge in [-0.05, 0) is 37.3 Å². The van der Waals surface area contributed by atoms with E-state index in [0.717, 1.165) is 38.5 Å². The van der Waals surface area contributed by atoms with Crippen molar-refractivity contribution in [2.75, 3.05) is 26.7 Å². The molecule has 0 aliphatic carbocycles. The highest BCUT2D eigenvalue weighted by Gasteiger charge is 2.06. The largest absolute Gasteiger partial charge is 0.496 e. The van der Waals surface area contributed by atoms with E-state index in [1.54, 1.807) is 7.11 Å². The second-order valence-electron chi connectivity index (χ2n) is 4.39. The topological polar surface area (TPSA) is 24.5 Å². The van der Waals surface area contributed by atoms with Gasteiger partial charge in [0.2, 0.25) is 0 Å². The van der Waals surface area contributed by atoms with Crippen LogP contribution in [0.4, 0.5) is 0 Å². The van der Waals surface area contributed by atoms with E-state index in [1.807, 2.05) is 0 Å². The fourth-order valence-corrected chi connectivity index (χ4v) is 2.03. The van der Waals surface area contributed by atoms with E-state index in [1.165, 1.54) is 11.1 Å². The summed E-state index contributed by atoms with van der Waals surface area (Å²) in [6, 6.07) is 6.48. The third kappa shape index (κ3) is 4.31. The van der Waals surface area contributed by atoms with Gasteiger partial charge in [-0.2, -0.15) is 0 Å². The SMILES string of the molecule is CCNCc1cc(CN(CC)CC)ccc1OC. The normalized spacial score (nSPS) is 10.9. The summed E-state index contributed by atoms with van der Waals surface area (Å²) in [7, 11) is 1.73. The number of hydrogen-bond acceptors (Lipinski definition) is 3. The Morgan fingerprint density at radius 2 is 1.89 bits per heavy atom. The Kier molecular flexibility index (Phi) is 6.76. The van der Waals surface area contributed by atoms with Crippen LogP contribution in [0.25, 0.3) is 0 Å². The van der Waals surface area contributed by atoms with Gasteiger partial charge in [-0.1, -0.05) is 26.8 Å². The monoisotopic (exact) mass is 250 g/mol. The van der Waals surface area contributed by atoms with Gasteiger partial charge in [-0.25, -0.2) is 0 Å². The van der Waals surface area contributed by atoms with Crippen molar-refractivity contribution in [2.45, 2.75) is 33.9 Å². The van der Waals surface area contributed by atoms with Crippen LogP contribution in [0.5, 0.6) is 5.75 Å². The predicted molar refractivity (Wildman–Crippen MR) is 77.0 cm³/mol. The van der Waals surface area contributed by atoms with Crippen molar-refractivity contribution in [3.63, 3.8) is 0 Å². The zero-order valence-electron chi connectivity index (χ0n) is 12.1. The number of benzene rings is 1. The van der Waals surface area contributed by atoms with E-state index in [4.69, 9.17) is 4.74 Å². The number of nitrogens with zero attached hydrogens (tertiary/aromatic N) is 1. The Labute approximate surface area is 111 Å². The van der Waals surface area contributed by atoms with E-state index in [0.29, 0.717) is 0 Å². The summed E-state index contributed by atoms with van der Waals surface area (Å²) in [5.41, 5.74) is 2.59. The lowest BCUT2D eigenvalue weighted by atomic mass is 10.1. The molecule has 102 valence electrons. The van der Waals surface area contributed by atoms with Crippen molar-refractivity contribution in [3.05, 3.63) is 29.3 Å². The number of methoxy groups -OCH3 is 1. The molecule has 3 heteroatoms. The second kappa shape index (κ2) is 8.11. The summed E-state index contributed by atoms with van der Waals surface area (Å²) in [5, 5.41) is 3.35. The molecule has 0 atom stereocenters. The first kappa shape index (κ1) is 15.0. The van der Waals surface area contributed by atoms with Crippen molar-refractivity contribution in [1.29, 1.82) is 0 Å². The van der Waals surface area contributed by atoms with Gasteiger partial charge >= 0.3 is 0 Å². The summed E-state index contributed by atoms with van der Waals surface area (Å²) < 4.78 is 5.40. The molecule has 0 aromatic heterocycles. The summed E-state index contributed by atoms with van der Waals surface area (Å²) in [6.07, 6.45) is 0. The number of nitrogens with one attached hydrogen (secondary N) is 1. The summed E-state index contributed by atoms with van der Waals surface area (Å²) in [6.45, 7) is 11.5. The molecule has 18 heavy (non-hydrogen) atoms. The molecule has 0 radical (unpaired) electrons. The van der Waals surface area contributed by atoms with E-state index in [9.17, 15) is 0 Å². The molecule has 0 fully saturated rings. The van der Waals surface area contributed by atoms with Gasteiger partial charge < -0.3 is 10.1 Å². The number of ether oxygens (including phenoxy) is 1. The third-order valence-corrected chi connectivity index (χ3v) is 3.21. The molecule has 1 aromatic rings. The zero-order chi connectivity index (χ0) is 13.4. The predicted octanol–water partition coefficient (Wildman–Crippen LogP) is 2.65. The first-order valence-electron chi connectivity index (χ1n) is 6.83. The van der Waals surface area contributed by atoms with Crippen LogP contribution in [-0.2, 0) is 13.1 Å². The fourth-order valence-electron chi connectivity index (χ4n) is 2.03. The van der Waals surface area contributed by atoms with Gasteiger partial charge in [0, 0.05) is 18.7 Å².